The van der Waals surface area contributed by atoms with Crippen LogP contribution >= 0.6 is 11.3 Å². The molecule has 1 aliphatic rings. The van der Waals surface area contributed by atoms with E-state index < -0.39 is 5.91 Å². The van der Waals surface area contributed by atoms with Crippen molar-refractivity contribution in [2.45, 2.75) is 13.0 Å². The monoisotopic (exact) mass is 279 g/mol. The number of nitrogens with two attached hydrogens (primary N) is 1. The number of hydrogen-bond donors (Lipinski definition) is 3. The van der Waals surface area contributed by atoms with Crippen molar-refractivity contribution in [3.8, 4) is 0 Å². The highest BCUT2D eigenvalue weighted by atomic mass is 32.1. The molecule has 4 N–H and O–H groups in total. The first-order chi connectivity index (χ1) is 9.13. The number of nitrogen functional groups attached to an aromatic ring is 1. The zero-order valence-electron chi connectivity index (χ0n) is 10.3. The molecule has 19 heavy (non-hydrogen) atoms. The Morgan fingerprint density at radius 2 is 2.37 bits per heavy atom. The van der Waals surface area contributed by atoms with Crippen molar-refractivity contribution in [2.24, 2.45) is 0 Å². The maximum absolute atomic E-state index is 11.9. The fourth-order valence-corrected chi connectivity index (χ4v) is 3.02. The lowest BCUT2D eigenvalue weighted by atomic mass is 10.2. The lowest BCUT2D eigenvalue weighted by Crippen LogP contribution is -2.25. The first kappa shape index (κ1) is 12.1. The molecule has 0 radical (unpaired) electrons. The minimum atomic E-state index is -0.397. The number of likely N-dealkylation sites (N-methyl/N-ethyl adjacent to an activating group) is 1. The van der Waals surface area contributed by atoms with Gasteiger partial charge in [-0.2, -0.15) is 5.21 Å². The van der Waals surface area contributed by atoms with Crippen LogP contribution in [0.3, 0.4) is 0 Å². The number of anilines is 2. The average Bonchev–Trinajstić information content (AvgIpc) is 2.94. The van der Waals surface area contributed by atoms with Crippen LogP contribution in [0.5, 0.6) is 0 Å². The minimum absolute atomic E-state index is 0.0820. The lowest BCUT2D eigenvalue weighted by molar-refractivity contribution is 0.102. The second kappa shape index (κ2) is 4.59. The molecule has 3 rings (SSSR count). The molecule has 0 aliphatic carbocycles. The van der Waals surface area contributed by atoms with Crippen molar-refractivity contribution in [1.82, 2.24) is 25.3 Å². The highest BCUT2D eigenvalue weighted by Gasteiger charge is 2.21. The van der Waals surface area contributed by atoms with Crippen LogP contribution in [0.1, 0.15) is 21.1 Å². The Bertz CT molecular complexity index is 619. The summed E-state index contributed by atoms with van der Waals surface area (Å²) < 4.78 is 0. The van der Waals surface area contributed by atoms with Gasteiger partial charge in [0.05, 0.1) is 5.69 Å². The van der Waals surface area contributed by atoms with E-state index in [1.165, 1.54) is 16.2 Å². The Morgan fingerprint density at radius 1 is 1.53 bits per heavy atom. The summed E-state index contributed by atoms with van der Waals surface area (Å²) in [6, 6.07) is 0. The van der Waals surface area contributed by atoms with E-state index in [1.54, 1.807) is 0 Å². The molecule has 2 aromatic rings. The molecule has 0 saturated heterocycles. The van der Waals surface area contributed by atoms with Crippen molar-refractivity contribution in [2.75, 3.05) is 24.6 Å². The quantitative estimate of drug-likeness (QED) is 0.717. The van der Waals surface area contributed by atoms with Gasteiger partial charge >= 0.3 is 0 Å². The summed E-state index contributed by atoms with van der Waals surface area (Å²) in [4.78, 5) is 19.8. The van der Waals surface area contributed by atoms with Crippen LogP contribution in [-0.2, 0) is 13.0 Å². The predicted octanol–water partition coefficient (Wildman–Crippen LogP) is 0.0836. The third kappa shape index (κ3) is 2.29. The van der Waals surface area contributed by atoms with Crippen LogP contribution in [0, 0.1) is 0 Å². The summed E-state index contributed by atoms with van der Waals surface area (Å²) >= 11 is 1.49. The maximum Gasteiger partial charge on any atom is 0.281 e. The molecule has 8 nitrogen and oxygen atoms in total. The molecule has 0 spiro atoms. The van der Waals surface area contributed by atoms with E-state index in [4.69, 9.17) is 5.73 Å². The van der Waals surface area contributed by atoms with Gasteiger partial charge in [0.2, 0.25) is 0 Å². The van der Waals surface area contributed by atoms with Gasteiger partial charge in [-0.05, 0) is 7.05 Å². The summed E-state index contributed by atoms with van der Waals surface area (Å²) in [6.45, 7) is 1.86. The van der Waals surface area contributed by atoms with Gasteiger partial charge in [0.1, 0.15) is 0 Å². The first-order valence-corrected chi connectivity index (χ1v) is 6.60. The molecule has 100 valence electrons. The van der Waals surface area contributed by atoms with E-state index in [2.05, 4.69) is 37.7 Å². The van der Waals surface area contributed by atoms with Gasteiger partial charge in [-0.25, -0.2) is 4.98 Å². The standard InChI is InChI=1S/C10H13N7OS/c1-17-3-2-5-6(4-17)19-10(12-5)13-9(18)7-8(11)15-16-14-7/h2-4H2,1H3,(H,12,13,18)(H3,11,14,15,16). The molecule has 0 bridgehead atoms. The highest BCUT2D eigenvalue weighted by molar-refractivity contribution is 7.15. The molecule has 0 saturated carbocycles. The Hall–Kier alpha value is -2.00. The number of aromatic amines is 1. The highest BCUT2D eigenvalue weighted by Crippen LogP contribution is 2.28. The molecule has 1 amide bonds. The van der Waals surface area contributed by atoms with Crippen molar-refractivity contribution >= 4 is 28.2 Å². The second-order valence-corrected chi connectivity index (χ2v) is 5.47. The van der Waals surface area contributed by atoms with Crippen LogP contribution in [0.4, 0.5) is 10.9 Å². The predicted molar refractivity (Wildman–Crippen MR) is 70.9 cm³/mol. The third-order valence-electron chi connectivity index (χ3n) is 2.93. The smallest absolute Gasteiger partial charge is 0.281 e. The average molecular weight is 279 g/mol. The summed E-state index contributed by atoms with van der Waals surface area (Å²) in [7, 11) is 2.07. The Labute approximate surface area is 113 Å². The van der Waals surface area contributed by atoms with Crippen molar-refractivity contribution in [3.63, 3.8) is 0 Å². The Kier molecular flexibility index (Phi) is 2.91. The zero-order chi connectivity index (χ0) is 13.4. The summed E-state index contributed by atoms with van der Waals surface area (Å²) in [5.41, 5.74) is 6.67. The van der Waals surface area contributed by atoms with Crippen LogP contribution < -0.4 is 11.1 Å². The number of hydrogen-bond acceptors (Lipinski definition) is 7. The fourth-order valence-electron chi connectivity index (χ4n) is 1.94. The molecule has 0 unspecified atom stereocenters. The molecular formula is C10H13N7OS. The van der Waals surface area contributed by atoms with E-state index >= 15 is 0 Å². The molecule has 0 aromatic carbocycles. The van der Waals surface area contributed by atoms with E-state index in [9.17, 15) is 4.79 Å². The third-order valence-corrected chi connectivity index (χ3v) is 3.93. The van der Waals surface area contributed by atoms with E-state index in [0.717, 1.165) is 25.2 Å². The second-order valence-electron chi connectivity index (χ2n) is 4.39. The number of nitrogens with zero attached hydrogens (tertiary/aromatic N) is 4. The van der Waals surface area contributed by atoms with Gasteiger partial charge in [-0.15, -0.1) is 21.5 Å². The number of carbonyl (C=O) groups is 1. The lowest BCUT2D eigenvalue weighted by Gasteiger charge is -2.20. The number of aromatic nitrogens is 4. The van der Waals surface area contributed by atoms with Gasteiger partial charge in [-0.1, -0.05) is 0 Å². The summed E-state index contributed by atoms with van der Waals surface area (Å²) in [5, 5.41) is 12.9. The summed E-state index contributed by atoms with van der Waals surface area (Å²) in [6.07, 6.45) is 0.907. The van der Waals surface area contributed by atoms with Crippen molar-refractivity contribution in [1.29, 1.82) is 0 Å². The maximum atomic E-state index is 11.9. The fraction of sp³-hybridized carbons (Fsp3) is 0.400. The normalized spacial score (nSPS) is 15.2. The van der Waals surface area contributed by atoms with E-state index in [0.29, 0.717) is 5.13 Å². The van der Waals surface area contributed by atoms with Crippen LogP contribution in [-0.4, -0.2) is 44.8 Å². The van der Waals surface area contributed by atoms with E-state index in [1.807, 2.05) is 0 Å². The van der Waals surface area contributed by atoms with Crippen molar-refractivity contribution in [3.05, 3.63) is 16.3 Å². The zero-order valence-corrected chi connectivity index (χ0v) is 11.1. The van der Waals surface area contributed by atoms with E-state index in [-0.39, 0.29) is 11.5 Å². The van der Waals surface area contributed by atoms with Gasteiger partial charge in [-0.3, -0.25) is 10.1 Å². The Morgan fingerprint density at radius 3 is 3.11 bits per heavy atom. The molecule has 1 aliphatic heterocycles. The Balaban J connectivity index is 1.78. The largest absolute Gasteiger partial charge is 0.380 e. The topological polar surface area (TPSA) is 113 Å². The number of carbonyl (C=O) groups excluding carboxylic acids is 1. The van der Waals surface area contributed by atoms with Crippen LogP contribution in [0.15, 0.2) is 0 Å². The molecular weight excluding hydrogens is 266 g/mol. The first-order valence-electron chi connectivity index (χ1n) is 5.78. The summed E-state index contributed by atoms with van der Waals surface area (Å²) in [5.74, 6) is -0.316. The minimum Gasteiger partial charge on any atom is -0.380 e. The molecule has 0 atom stereocenters. The van der Waals surface area contributed by atoms with Gasteiger partial charge in [0.15, 0.2) is 16.6 Å². The van der Waals surface area contributed by atoms with Gasteiger partial charge in [0.25, 0.3) is 5.91 Å². The van der Waals surface area contributed by atoms with Gasteiger partial charge in [0, 0.05) is 24.4 Å². The number of fused-ring (bicyclic) bond motifs is 1. The number of thiazole rings is 1. The molecule has 0 fully saturated rings. The van der Waals surface area contributed by atoms with Crippen molar-refractivity contribution < 1.29 is 4.79 Å². The molecule has 9 heteroatoms. The van der Waals surface area contributed by atoms with Crippen LogP contribution in [0.2, 0.25) is 0 Å². The molecule has 2 aromatic heterocycles. The number of H-pyrrole nitrogens is 1. The number of rotatable bonds is 2. The SMILES string of the molecule is CN1CCc2nc(NC(=O)c3n[nH]nc3N)sc2C1. The van der Waals surface area contributed by atoms with Gasteiger partial charge < -0.3 is 10.6 Å². The molecule has 3 heterocycles. The van der Waals surface area contributed by atoms with Crippen LogP contribution in [0.25, 0.3) is 0 Å². The number of amides is 1. The number of nitrogens with one attached hydrogen (secondary N) is 2.